The van der Waals surface area contributed by atoms with Crippen molar-refractivity contribution in [3.63, 3.8) is 0 Å². The minimum absolute atomic E-state index is 0.0447. The first kappa shape index (κ1) is 21.4. The van der Waals surface area contributed by atoms with E-state index in [9.17, 15) is 13.6 Å². The van der Waals surface area contributed by atoms with E-state index >= 15 is 0 Å². The minimum Gasteiger partial charge on any atom is -0.464 e. The summed E-state index contributed by atoms with van der Waals surface area (Å²) in [6, 6.07) is 11.0. The van der Waals surface area contributed by atoms with Crippen LogP contribution in [0.4, 0.5) is 8.78 Å². The zero-order chi connectivity index (χ0) is 20.5. The average molecular weight is 404 g/mol. The van der Waals surface area contributed by atoms with Crippen molar-refractivity contribution in [3.05, 3.63) is 65.2 Å². The van der Waals surface area contributed by atoms with Crippen molar-refractivity contribution in [2.45, 2.75) is 50.9 Å². The number of hydrogen-bond donors (Lipinski definition) is 0. The van der Waals surface area contributed by atoms with Gasteiger partial charge in [-0.25, -0.2) is 8.78 Å². The van der Waals surface area contributed by atoms with Crippen LogP contribution in [-0.4, -0.2) is 25.8 Å². The van der Waals surface area contributed by atoms with Crippen molar-refractivity contribution in [2.24, 2.45) is 0 Å². The van der Waals surface area contributed by atoms with Gasteiger partial charge in [-0.15, -0.1) is 0 Å². The summed E-state index contributed by atoms with van der Waals surface area (Å²) in [4.78, 5) is 10.7. The molecule has 6 heteroatoms. The van der Waals surface area contributed by atoms with Gasteiger partial charge in [-0.3, -0.25) is 4.79 Å². The lowest BCUT2D eigenvalue weighted by Crippen LogP contribution is -2.25. The first-order valence-electron chi connectivity index (χ1n) is 10.1. The van der Waals surface area contributed by atoms with Gasteiger partial charge >= 0.3 is 0 Å². The van der Waals surface area contributed by atoms with Crippen LogP contribution in [0.25, 0.3) is 0 Å². The Balaban J connectivity index is 0.000000169. The van der Waals surface area contributed by atoms with Crippen LogP contribution < -0.4 is 4.74 Å². The van der Waals surface area contributed by atoms with Crippen LogP contribution in [0.5, 0.6) is 5.75 Å². The number of carbonyl (C=O) groups is 1. The second-order valence-electron chi connectivity index (χ2n) is 7.09. The van der Waals surface area contributed by atoms with Crippen LogP contribution >= 0.6 is 0 Å². The molecule has 2 heterocycles. The van der Waals surface area contributed by atoms with Gasteiger partial charge in [0.2, 0.25) is 0 Å². The normalized spacial score (nSPS) is 21.6. The fraction of sp³-hybridized carbons (Fsp3) is 0.435. The molecule has 2 aliphatic rings. The largest absolute Gasteiger partial charge is 0.464 e. The molecule has 0 N–H and O–H groups in total. The van der Waals surface area contributed by atoms with E-state index in [4.69, 9.17) is 14.2 Å². The summed E-state index contributed by atoms with van der Waals surface area (Å²) in [5.41, 5.74) is 0.927. The molecule has 2 aromatic carbocycles. The Hall–Kier alpha value is -2.31. The monoisotopic (exact) mass is 404 g/mol. The Morgan fingerprint density at radius 1 is 0.931 bits per heavy atom. The summed E-state index contributed by atoms with van der Waals surface area (Å²) < 4.78 is 42.5. The number of ether oxygens (including phenoxy) is 3. The molecule has 4 rings (SSSR count). The topological polar surface area (TPSA) is 44.8 Å². The molecule has 2 unspecified atom stereocenters. The average Bonchev–Trinajstić information content (AvgIpc) is 2.76. The standard InChI is InChI=1S/C12H13FO3.C11H13FO/c13-10-4-3-5-11(9(10)8-14)16-12-6-1-2-7-15-12;12-10-5-3-4-9(8-10)11-6-1-2-7-13-11/h3-5,8,12H,1-2,6-7H2;3-5,8,11H,1-2,6-7H2. The number of carbonyl (C=O) groups excluding carboxylic acids is 1. The number of hydrogen-bond acceptors (Lipinski definition) is 4. The lowest BCUT2D eigenvalue weighted by Gasteiger charge is -2.24. The molecular weight excluding hydrogens is 378 g/mol. The molecule has 0 bridgehead atoms. The number of rotatable bonds is 4. The zero-order valence-electron chi connectivity index (χ0n) is 16.3. The fourth-order valence-electron chi connectivity index (χ4n) is 3.39. The molecule has 2 saturated heterocycles. The van der Waals surface area contributed by atoms with Gasteiger partial charge in [-0.05, 0) is 61.9 Å². The predicted octanol–water partition coefficient (Wildman–Crippen LogP) is 5.61. The van der Waals surface area contributed by atoms with Crippen molar-refractivity contribution in [2.75, 3.05) is 13.2 Å². The van der Waals surface area contributed by atoms with Gasteiger partial charge in [-0.2, -0.15) is 0 Å². The fourth-order valence-corrected chi connectivity index (χ4v) is 3.39. The van der Waals surface area contributed by atoms with Gasteiger partial charge in [0.1, 0.15) is 17.4 Å². The van der Waals surface area contributed by atoms with E-state index in [0.29, 0.717) is 12.9 Å². The number of aldehydes is 1. The molecular formula is C23H26F2O4. The summed E-state index contributed by atoms with van der Waals surface area (Å²) in [6.45, 7) is 1.46. The van der Waals surface area contributed by atoms with Gasteiger partial charge < -0.3 is 14.2 Å². The highest BCUT2D eigenvalue weighted by molar-refractivity contribution is 5.79. The quantitative estimate of drug-likeness (QED) is 0.621. The molecule has 2 atom stereocenters. The Morgan fingerprint density at radius 3 is 2.34 bits per heavy atom. The molecule has 29 heavy (non-hydrogen) atoms. The molecule has 156 valence electrons. The van der Waals surface area contributed by atoms with Gasteiger partial charge in [0.15, 0.2) is 12.6 Å². The van der Waals surface area contributed by atoms with E-state index in [1.165, 1.54) is 24.6 Å². The van der Waals surface area contributed by atoms with Crippen molar-refractivity contribution in [3.8, 4) is 5.75 Å². The van der Waals surface area contributed by atoms with Gasteiger partial charge in [-0.1, -0.05) is 18.2 Å². The van der Waals surface area contributed by atoms with Crippen LogP contribution in [0, 0.1) is 11.6 Å². The molecule has 2 aliphatic heterocycles. The molecule has 0 spiro atoms. The second kappa shape index (κ2) is 11.0. The van der Waals surface area contributed by atoms with E-state index in [-0.39, 0.29) is 29.5 Å². The maximum absolute atomic E-state index is 13.3. The third kappa shape index (κ3) is 6.34. The first-order chi connectivity index (χ1) is 14.2. The van der Waals surface area contributed by atoms with Crippen molar-refractivity contribution >= 4 is 6.29 Å². The maximum atomic E-state index is 13.3. The Morgan fingerprint density at radius 2 is 1.69 bits per heavy atom. The van der Waals surface area contributed by atoms with Gasteiger partial charge in [0.25, 0.3) is 0 Å². The lowest BCUT2D eigenvalue weighted by atomic mass is 10.0. The van der Waals surface area contributed by atoms with E-state index in [1.54, 1.807) is 18.2 Å². The summed E-state index contributed by atoms with van der Waals surface area (Å²) in [7, 11) is 0. The highest BCUT2D eigenvalue weighted by Crippen LogP contribution is 2.28. The molecule has 2 aromatic rings. The summed E-state index contributed by atoms with van der Waals surface area (Å²) >= 11 is 0. The third-order valence-corrected chi connectivity index (χ3v) is 4.93. The Bertz CT molecular complexity index is 784. The van der Waals surface area contributed by atoms with Crippen molar-refractivity contribution in [1.82, 2.24) is 0 Å². The summed E-state index contributed by atoms with van der Waals surface area (Å²) in [5.74, 6) is -0.489. The van der Waals surface area contributed by atoms with Crippen LogP contribution in [0.3, 0.4) is 0 Å². The van der Waals surface area contributed by atoms with Crippen LogP contribution in [-0.2, 0) is 9.47 Å². The summed E-state index contributed by atoms with van der Waals surface area (Å²) in [5, 5.41) is 0. The van der Waals surface area contributed by atoms with Crippen LogP contribution in [0.15, 0.2) is 42.5 Å². The maximum Gasteiger partial charge on any atom is 0.199 e. The minimum atomic E-state index is -0.566. The molecule has 0 amide bonds. The Kier molecular flexibility index (Phi) is 8.14. The number of halogens is 2. The molecule has 0 aliphatic carbocycles. The third-order valence-electron chi connectivity index (χ3n) is 4.93. The molecule has 0 radical (unpaired) electrons. The van der Waals surface area contributed by atoms with Crippen LogP contribution in [0.2, 0.25) is 0 Å². The zero-order valence-corrected chi connectivity index (χ0v) is 16.3. The predicted molar refractivity (Wildman–Crippen MR) is 105 cm³/mol. The van der Waals surface area contributed by atoms with E-state index in [1.807, 2.05) is 6.07 Å². The van der Waals surface area contributed by atoms with Gasteiger partial charge in [0.05, 0.1) is 18.3 Å². The molecule has 0 saturated carbocycles. The highest BCUT2D eigenvalue weighted by atomic mass is 19.1. The van der Waals surface area contributed by atoms with E-state index < -0.39 is 5.82 Å². The highest BCUT2D eigenvalue weighted by Gasteiger charge is 2.18. The summed E-state index contributed by atoms with van der Waals surface area (Å²) in [6.07, 6.45) is 6.36. The van der Waals surface area contributed by atoms with Gasteiger partial charge in [0, 0.05) is 13.0 Å². The smallest absolute Gasteiger partial charge is 0.199 e. The van der Waals surface area contributed by atoms with E-state index in [2.05, 4.69) is 0 Å². The molecule has 4 nitrogen and oxygen atoms in total. The first-order valence-corrected chi connectivity index (χ1v) is 10.1. The Labute approximate surface area is 169 Å². The molecule has 2 fully saturated rings. The lowest BCUT2D eigenvalue weighted by molar-refractivity contribution is -0.106. The van der Waals surface area contributed by atoms with Crippen LogP contribution in [0.1, 0.15) is 60.6 Å². The van der Waals surface area contributed by atoms with Crippen molar-refractivity contribution < 1.29 is 27.8 Å². The SMILES string of the molecule is Fc1cccc(C2CCCCO2)c1.O=Cc1c(F)cccc1OC1CCCCO1. The molecule has 0 aromatic heterocycles. The van der Waals surface area contributed by atoms with E-state index in [0.717, 1.165) is 44.3 Å². The number of benzene rings is 2. The van der Waals surface area contributed by atoms with Crippen molar-refractivity contribution in [1.29, 1.82) is 0 Å². The second-order valence-corrected chi connectivity index (χ2v) is 7.09.